The second-order valence-corrected chi connectivity index (χ2v) is 16.0. The molecule has 0 saturated heterocycles. The summed E-state index contributed by atoms with van der Waals surface area (Å²) < 4.78 is 0. The van der Waals surface area contributed by atoms with Crippen LogP contribution in [0.1, 0.15) is 0 Å². The van der Waals surface area contributed by atoms with Crippen LogP contribution in [-0.2, 0) is 0 Å². The first-order valence-electron chi connectivity index (χ1n) is 21.7. The van der Waals surface area contributed by atoms with E-state index in [2.05, 4.69) is 243 Å². The van der Waals surface area contributed by atoms with Crippen molar-refractivity contribution in [3.05, 3.63) is 249 Å². The summed E-state index contributed by atoms with van der Waals surface area (Å²) in [6.45, 7) is 0. The maximum Gasteiger partial charge on any atom is 0.160 e. The van der Waals surface area contributed by atoms with Crippen LogP contribution >= 0.6 is 0 Å². The van der Waals surface area contributed by atoms with Crippen LogP contribution in [0, 0.1) is 0 Å². The molecule has 2 heterocycles. The van der Waals surface area contributed by atoms with Gasteiger partial charge in [-0.05, 0) is 116 Å². The largest absolute Gasteiger partial charge is 0.256 e. The minimum Gasteiger partial charge on any atom is -0.256 e. The highest BCUT2D eigenvalue weighted by molar-refractivity contribution is 5.95. The van der Waals surface area contributed by atoms with Gasteiger partial charge in [0, 0.05) is 33.8 Å². The van der Waals surface area contributed by atoms with Gasteiger partial charge in [-0.1, -0.05) is 188 Å². The molecular weight excluding hydrogens is 775 g/mol. The lowest BCUT2D eigenvalue weighted by molar-refractivity contribution is 1.18. The highest BCUT2D eigenvalue weighted by Crippen LogP contribution is 2.40. The summed E-state index contributed by atoms with van der Waals surface area (Å²) in [5.74, 6) is 0.636. The first-order valence-corrected chi connectivity index (χ1v) is 21.7. The van der Waals surface area contributed by atoms with Gasteiger partial charge in [-0.3, -0.25) is 4.98 Å². The van der Waals surface area contributed by atoms with Crippen molar-refractivity contribution < 1.29 is 0 Å². The fourth-order valence-corrected chi connectivity index (χ4v) is 8.73. The number of aromatic nitrogens is 3. The average molecular weight is 816 g/mol. The van der Waals surface area contributed by atoms with Crippen molar-refractivity contribution in [2.24, 2.45) is 0 Å². The molecule has 0 amide bonds. The van der Waals surface area contributed by atoms with Crippen LogP contribution in [0.2, 0.25) is 0 Å². The normalized spacial score (nSPS) is 11.1. The number of hydrogen-bond donors (Lipinski definition) is 0. The first-order chi connectivity index (χ1) is 31.7. The average Bonchev–Trinajstić information content (AvgIpc) is 3.39. The molecule has 0 atom stereocenters. The van der Waals surface area contributed by atoms with E-state index in [4.69, 9.17) is 15.0 Å². The van der Waals surface area contributed by atoms with Gasteiger partial charge in [-0.25, -0.2) is 9.97 Å². The topological polar surface area (TPSA) is 38.7 Å². The van der Waals surface area contributed by atoms with E-state index >= 15 is 0 Å². The maximum absolute atomic E-state index is 5.48. The molecule has 9 aromatic carbocycles. The van der Waals surface area contributed by atoms with E-state index in [-0.39, 0.29) is 0 Å². The van der Waals surface area contributed by atoms with Crippen molar-refractivity contribution in [3.63, 3.8) is 0 Å². The van der Waals surface area contributed by atoms with Crippen molar-refractivity contribution in [1.82, 2.24) is 15.0 Å². The van der Waals surface area contributed by atoms with E-state index in [0.29, 0.717) is 5.82 Å². The van der Waals surface area contributed by atoms with Crippen LogP contribution in [0.15, 0.2) is 249 Å². The van der Waals surface area contributed by atoms with E-state index in [1.165, 1.54) is 11.1 Å². The molecule has 0 unspecified atom stereocenters. The Morgan fingerprint density at radius 1 is 0.250 bits per heavy atom. The molecule has 0 aliphatic heterocycles. The minimum atomic E-state index is 0.636. The Bertz CT molecular complexity index is 3360. The summed E-state index contributed by atoms with van der Waals surface area (Å²) in [5, 5.41) is 2.25. The van der Waals surface area contributed by atoms with Crippen LogP contribution in [0.3, 0.4) is 0 Å². The van der Waals surface area contributed by atoms with Gasteiger partial charge in [0.2, 0.25) is 0 Å². The predicted molar refractivity (Wildman–Crippen MR) is 266 cm³/mol. The van der Waals surface area contributed by atoms with Crippen molar-refractivity contribution in [2.45, 2.75) is 0 Å². The van der Waals surface area contributed by atoms with Gasteiger partial charge in [-0.2, -0.15) is 0 Å². The quantitative estimate of drug-likeness (QED) is 0.146. The highest BCUT2D eigenvalue weighted by atomic mass is 14.9. The zero-order chi connectivity index (χ0) is 42.7. The fraction of sp³-hybridized carbons (Fsp3) is 0. The predicted octanol–water partition coefficient (Wildman–Crippen LogP) is 16.0. The second-order valence-electron chi connectivity index (χ2n) is 16.0. The van der Waals surface area contributed by atoms with Crippen molar-refractivity contribution in [1.29, 1.82) is 0 Å². The molecule has 300 valence electrons. The fourth-order valence-electron chi connectivity index (χ4n) is 8.73. The van der Waals surface area contributed by atoms with Gasteiger partial charge in [0.25, 0.3) is 0 Å². The maximum atomic E-state index is 5.48. The molecule has 0 radical (unpaired) electrons. The van der Waals surface area contributed by atoms with Crippen LogP contribution in [0.25, 0.3) is 112 Å². The van der Waals surface area contributed by atoms with Crippen LogP contribution in [0.4, 0.5) is 0 Å². The number of fused-ring (bicyclic) bond motifs is 1. The molecule has 0 saturated carbocycles. The molecule has 0 N–H and O–H groups in total. The monoisotopic (exact) mass is 815 g/mol. The number of rotatable bonds is 9. The van der Waals surface area contributed by atoms with E-state index in [0.717, 1.165) is 94.6 Å². The third kappa shape index (κ3) is 7.79. The molecule has 2 aromatic heterocycles. The van der Waals surface area contributed by atoms with Gasteiger partial charge in [0.1, 0.15) is 0 Å². The molecule has 11 rings (SSSR count). The molecule has 0 aliphatic carbocycles. The lowest BCUT2D eigenvalue weighted by Crippen LogP contribution is -1.98. The first kappa shape index (κ1) is 38.4. The summed E-state index contributed by atoms with van der Waals surface area (Å²) >= 11 is 0. The molecule has 0 spiro atoms. The van der Waals surface area contributed by atoms with Crippen molar-refractivity contribution >= 4 is 10.8 Å². The van der Waals surface area contributed by atoms with Gasteiger partial charge in [0.05, 0.1) is 17.1 Å². The molecule has 11 aromatic rings. The van der Waals surface area contributed by atoms with E-state index in [9.17, 15) is 0 Å². The number of benzene rings is 9. The summed E-state index contributed by atoms with van der Waals surface area (Å²) in [4.78, 5) is 15.8. The molecule has 3 nitrogen and oxygen atoms in total. The Morgan fingerprint density at radius 2 is 0.656 bits per heavy atom. The van der Waals surface area contributed by atoms with Gasteiger partial charge in [-0.15, -0.1) is 0 Å². The summed E-state index contributed by atoms with van der Waals surface area (Å²) in [7, 11) is 0. The summed E-state index contributed by atoms with van der Waals surface area (Å²) in [6.07, 6.45) is 1.89. The molecule has 3 heteroatoms. The molecule has 64 heavy (non-hydrogen) atoms. The highest BCUT2D eigenvalue weighted by Gasteiger charge is 2.18. The molecule has 0 fully saturated rings. The summed E-state index contributed by atoms with van der Waals surface area (Å²) in [5.41, 5.74) is 17.9. The van der Waals surface area contributed by atoms with E-state index in [1.54, 1.807) is 0 Å². The van der Waals surface area contributed by atoms with E-state index in [1.807, 2.05) is 6.20 Å². The standard InChI is InChI=1S/C61H41N3/c1-5-18-42(19-6-1)49-35-50(43-20-7-2-8-21-43)38-53(37-49)58-41-59(64-61(63-58)48-28-17-27-47(34-48)60-57-31-14-13-26-46(57)32-33-62-60)54-39-51(44-22-9-3-10-23-44)36-52(40-54)56-30-16-15-29-55(56)45-24-11-4-12-25-45/h1-41H. The minimum absolute atomic E-state index is 0.636. The van der Waals surface area contributed by atoms with Gasteiger partial charge >= 0.3 is 0 Å². The lowest BCUT2D eigenvalue weighted by Gasteiger charge is -2.16. The summed E-state index contributed by atoms with van der Waals surface area (Å²) in [6, 6.07) is 85.9. The van der Waals surface area contributed by atoms with Crippen molar-refractivity contribution in [2.75, 3.05) is 0 Å². The molecule has 0 bridgehead atoms. The Labute approximate surface area is 373 Å². The third-order valence-corrected chi connectivity index (χ3v) is 11.9. The van der Waals surface area contributed by atoms with E-state index < -0.39 is 0 Å². The molecular formula is C61H41N3. The third-order valence-electron chi connectivity index (χ3n) is 11.9. The number of hydrogen-bond acceptors (Lipinski definition) is 3. The van der Waals surface area contributed by atoms with Crippen molar-refractivity contribution in [3.8, 4) is 101 Å². The number of nitrogens with zero attached hydrogens (tertiary/aromatic N) is 3. The molecule has 0 aliphatic rings. The Balaban J connectivity index is 1.15. The van der Waals surface area contributed by atoms with Crippen LogP contribution in [-0.4, -0.2) is 15.0 Å². The smallest absolute Gasteiger partial charge is 0.160 e. The van der Waals surface area contributed by atoms with Crippen LogP contribution in [0.5, 0.6) is 0 Å². The Morgan fingerprint density at radius 3 is 1.23 bits per heavy atom. The second kappa shape index (κ2) is 17.1. The number of pyridine rings is 1. The lowest BCUT2D eigenvalue weighted by atomic mass is 9.90. The Hall–Kier alpha value is -8.53. The van der Waals surface area contributed by atoms with Crippen LogP contribution < -0.4 is 0 Å². The van der Waals surface area contributed by atoms with Gasteiger partial charge < -0.3 is 0 Å². The Kier molecular flexibility index (Phi) is 10.3. The zero-order valence-corrected chi connectivity index (χ0v) is 35.0. The van der Waals surface area contributed by atoms with Gasteiger partial charge in [0.15, 0.2) is 5.82 Å². The SMILES string of the molecule is c1ccc(-c2cc(-c3ccccc3)cc(-c3cc(-c4cc(-c5ccccc5)cc(-c5ccccc5-c5ccccc5)c4)nc(-c4cccc(-c5nccc6ccccc56)c4)n3)c2)cc1. The zero-order valence-electron chi connectivity index (χ0n) is 35.0.